The van der Waals surface area contributed by atoms with Crippen LogP contribution in [0, 0.1) is 0 Å². The van der Waals surface area contributed by atoms with Crippen LogP contribution >= 0.6 is 22.6 Å². The number of amides is 1. The Balaban J connectivity index is 2.52. The normalized spacial score (nSPS) is 30.4. The second-order valence-corrected chi connectivity index (χ2v) is 4.49. The predicted molar refractivity (Wildman–Crippen MR) is 48.6 cm³/mol. The molecule has 1 saturated carbocycles. The van der Waals surface area contributed by atoms with Gasteiger partial charge in [0, 0.05) is 17.0 Å². The van der Waals surface area contributed by atoms with Crippen molar-refractivity contribution in [2.24, 2.45) is 0 Å². The van der Waals surface area contributed by atoms with Gasteiger partial charge in [-0.2, -0.15) is 0 Å². The lowest BCUT2D eigenvalue weighted by Gasteiger charge is -2.29. The van der Waals surface area contributed by atoms with Crippen molar-refractivity contribution >= 4 is 28.7 Å². The molecule has 0 radical (unpaired) electrons. The largest absolute Gasteiger partial charge is 0.530 e. The molecule has 0 saturated heterocycles. The number of carbonyl (C=O) groups excluding carboxylic acids is 1. The molecule has 0 N–H and O–H groups in total. The number of carbonyl (C=O) groups is 1. The maximum Gasteiger partial charge on any atom is 0.136 e. The predicted octanol–water partition coefficient (Wildman–Crippen LogP) is 0.618. The molecule has 2 unspecified atom stereocenters. The zero-order chi connectivity index (χ0) is 8.43. The van der Waals surface area contributed by atoms with E-state index < -0.39 is 6.09 Å². The Kier molecular flexibility index (Phi) is 2.98. The SMILES string of the molecule is CN(C(=O)[O-])C1CCCC1I. The van der Waals surface area contributed by atoms with Crippen molar-refractivity contribution in [3.05, 3.63) is 0 Å². The molecule has 0 aromatic carbocycles. The number of hydrogen-bond acceptors (Lipinski definition) is 2. The maximum atomic E-state index is 10.4. The molecule has 1 rings (SSSR count). The van der Waals surface area contributed by atoms with Gasteiger partial charge in [-0.05, 0) is 12.8 Å². The van der Waals surface area contributed by atoms with E-state index >= 15 is 0 Å². The highest BCUT2D eigenvalue weighted by atomic mass is 127. The summed E-state index contributed by atoms with van der Waals surface area (Å²) in [6.07, 6.45) is 2.19. The average Bonchev–Trinajstić information content (AvgIpc) is 2.33. The molecule has 0 heterocycles. The molecular formula is C7H11INO2-. The Morgan fingerprint density at radius 2 is 2.27 bits per heavy atom. The second kappa shape index (κ2) is 3.60. The van der Waals surface area contributed by atoms with E-state index in [1.807, 2.05) is 0 Å². The topological polar surface area (TPSA) is 43.4 Å². The van der Waals surface area contributed by atoms with Gasteiger partial charge in [0.2, 0.25) is 0 Å². The van der Waals surface area contributed by atoms with Gasteiger partial charge in [-0.1, -0.05) is 29.0 Å². The summed E-state index contributed by atoms with van der Waals surface area (Å²) in [6.45, 7) is 0. The van der Waals surface area contributed by atoms with Gasteiger partial charge in [0.05, 0.1) is 0 Å². The highest BCUT2D eigenvalue weighted by Crippen LogP contribution is 2.29. The van der Waals surface area contributed by atoms with Crippen LogP contribution in [0.25, 0.3) is 0 Å². The average molecular weight is 268 g/mol. The number of hydrogen-bond donors (Lipinski definition) is 0. The van der Waals surface area contributed by atoms with Crippen LogP contribution in [0.5, 0.6) is 0 Å². The van der Waals surface area contributed by atoms with Gasteiger partial charge in [-0.25, -0.2) is 0 Å². The third-order valence-corrected chi connectivity index (χ3v) is 3.64. The summed E-state index contributed by atoms with van der Waals surface area (Å²) in [6, 6.07) is 0.181. The van der Waals surface area contributed by atoms with Crippen molar-refractivity contribution in [3.8, 4) is 0 Å². The monoisotopic (exact) mass is 268 g/mol. The maximum absolute atomic E-state index is 10.4. The summed E-state index contributed by atoms with van der Waals surface area (Å²) in [7, 11) is 1.59. The van der Waals surface area contributed by atoms with Crippen molar-refractivity contribution in [1.82, 2.24) is 4.90 Å². The quantitative estimate of drug-likeness (QED) is 0.517. The van der Waals surface area contributed by atoms with Crippen LogP contribution in [-0.2, 0) is 0 Å². The highest BCUT2D eigenvalue weighted by molar-refractivity contribution is 14.1. The van der Waals surface area contributed by atoms with Crippen LogP contribution in [0.2, 0.25) is 0 Å². The molecule has 1 aliphatic carbocycles. The molecule has 64 valence electrons. The van der Waals surface area contributed by atoms with E-state index in [0.29, 0.717) is 3.92 Å². The van der Waals surface area contributed by atoms with E-state index in [4.69, 9.17) is 0 Å². The van der Waals surface area contributed by atoms with Crippen molar-refractivity contribution in [3.63, 3.8) is 0 Å². The zero-order valence-electron chi connectivity index (χ0n) is 6.42. The van der Waals surface area contributed by atoms with E-state index in [1.54, 1.807) is 7.05 Å². The number of rotatable bonds is 1. The summed E-state index contributed by atoms with van der Waals surface area (Å²) in [5.41, 5.74) is 0. The Hall–Kier alpha value is 0. The number of nitrogens with zero attached hydrogens (tertiary/aromatic N) is 1. The second-order valence-electron chi connectivity index (χ2n) is 2.89. The van der Waals surface area contributed by atoms with Crippen molar-refractivity contribution in [2.45, 2.75) is 29.2 Å². The van der Waals surface area contributed by atoms with Crippen LogP contribution in [0.4, 0.5) is 4.79 Å². The number of carboxylic acid groups (broad SMARTS) is 1. The first-order valence-corrected chi connectivity index (χ1v) is 4.95. The Bertz CT molecular complexity index is 163. The summed E-state index contributed by atoms with van der Waals surface area (Å²) in [4.78, 5) is 11.8. The van der Waals surface area contributed by atoms with Crippen LogP contribution < -0.4 is 5.11 Å². The highest BCUT2D eigenvalue weighted by Gasteiger charge is 2.27. The van der Waals surface area contributed by atoms with E-state index in [9.17, 15) is 9.90 Å². The fourth-order valence-electron chi connectivity index (χ4n) is 1.47. The lowest BCUT2D eigenvalue weighted by Crippen LogP contribution is -2.46. The first-order valence-electron chi connectivity index (χ1n) is 3.71. The van der Waals surface area contributed by atoms with Gasteiger partial charge in [0.15, 0.2) is 0 Å². The zero-order valence-corrected chi connectivity index (χ0v) is 8.58. The van der Waals surface area contributed by atoms with Crippen LogP contribution in [0.3, 0.4) is 0 Å². The summed E-state index contributed by atoms with van der Waals surface area (Å²) in [5.74, 6) is 0. The molecule has 11 heavy (non-hydrogen) atoms. The standard InChI is InChI=1S/C7H12INO2/c1-9(7(10)11)6-4-2-3-5(6)8/h5-6H,2-4H2,1H3,(H,10,11)/p-1. The first-order chi connectivity index (χ1) is 5.13. The molecule has 4 heteroatoms. The van der Waals surface area contributed by atoms with Crippen molar-refractivity contribution in [2.75, 3.05) is 7.05 Å². The van der Waals surface area contributed by atoms with Gasteiger partial charge < -0.3 is 14.8 Å². The summed E-state index contributed by atoms with van der Waals surface area (Å²) in [5, 5.41) is 10.4. The summed E-state index contributed by atoms with van der Waals surface area (Å²) < 4.78 is 0.468. The van der Waals surface area contributed by atoms with Gasteiger partial charge in [0.25, 0.3) is 0 Å². The number of alkyl halides is 1. The lowest BCUT2D eigenvalue weighted by molar-refractivity contribution is -0.266. The molecular weight excluding hydrogens is 257 g/mol. The molecule has 0 spiro atoms. The van der Waals surface area contributed by atoms with Gasteiger partial charge in [-0.3, -0.25) is 0 Å². The summed E-state index contributed by atoms with van der Waals surface area (Å²) >= 11 is 2.31. The van der Waals surface area contributed by atoms with E-state index in [1.165, 1.54) is 4.90 Å². The fourth-order valence-corrected chi connectivity index (χ4v) is 2.75. The van der Waals surface area contributed by atoms with Crippen molar-refractivity contribution in [1.29, 1.82) is 0 Å². The minimum atomic E-state index is -1.06. The molecule has 2 atom stereocenters. The third kappa shape index (κ3) is 1.98. The molecule has 3 nitrogen and oxygen atoms in total. The molecule has 1 amide bonds. The lowest BCUT2D eigenvalue weighted by atomic mass is 10.2. The molecule has 0 bridgehead atoms. The van der Waals surface area contributed by atoms with E-state index in [0.717, 1.165) is 19.3 Å². The Morgan fingerprint density at radius 3 is 2.64 bits per heavy atom. The van der Waals surface area contributed by atoms with Gasteiger partial charge in [0.1, 0.15) is 6.09 Å². The molecule has 1 fully saturated rings. The van der Waals surface area contributed by atoms with Crippen molar-refractivity contribution < 1.29 is 9.90 Å². The first kappa shape index (κ1) is 9.09. The van der Waals surface area contributed by atoms with Crippen LogP contribution in [-0.4, -0.2) is 28.0 Å². The Labute approximate surface area is 79.9 Å². The minimum absolute atomic E-state index is 0.181. The van der Waals surface area contributed by atoms with Crippen LogP contribution in [0.15, 0.2) is 0 Å². The van der Waals surface area contributed by atoms with Crippen LogP contribution in [0.1, 0.15) is 19.3 Å². The minimum Gasteiger partial charge on any atom is -0.530 e. The van der Waals surface area contributed by atoms with Gasteiger partial charge >= 0.3 is 0 Å². The van der Waals surface area contributed by atoms with E-state index in [-0.39, 0.29) is 6.04 Å². The smallest absolute Gasteiger partial charge is 0.136 e. The molecule has 0 aromatic heterocycles. The molecule has 0 aromatic rings. The Morgan fingerprint density at radius 1 is 1.64 bits per heavy atom. The number of halogens is 1. The molecule has 0 aliphatic heterocycles. The molecule has 1 aliphatic rings. The van der Waals surface area contributed by atoms with E-state index in [2.05, 4.69) is 22.6 Å². The third-order valence-electron chi connectivity index (χ3n) is 2.18. The van der Waals surface area contributed by atoms with Gasteiger partial charge in [-0.15, -0.1) is 0 Å². The fraction of sp³-hybridized carbons (Fsp3) is 0.857.